The summed E-state index contributed by atoms with van der Waals surface area (Å²) in [5, 5.41) is 3.45. The second kappa shape index (κ2) is 4.17. The van der Waals surface area contributed by atoms with Crippen LogP contribution in [0.2, 0.25) is 0 Å². The first-order valence-electron chi connectivity index (χ1n) is 5.79. The fourth-order valence-corrected chi connectivity index (χ4v) is 2.63. The van der Waals surface area contributed by atoms with Crippen molar-refractivity contribution in [1.29, 1.82) is 0 Å². The highest BCUT2D eigenvalue weighted by molar-refractivity contribution is 4.86. The summed E-state index contributed by atoms with van der Waals surface area (Å²) in [7, 11) is 2.24. The molecule has 2 rings (SSSR count). The molecule has 2 atom stereocenters. The molecule has 3 heteroatoms. The van der Waals surface area contributed by atoms with E-state index in [1.807, 2.05) is 0 Å². The Bertz CT molecular complexity index is 190. The fraction of sp³-hybridized carbons (Fsp3) is 1.00. The maximum Gasteiger partial charge on any atom is 0.118 e. The zero-order chi connectivity index (χ0) is 10.0. The van der Waals surface area contributed by atoms with Gasteiger partial charge in [-0.05, 0) is 33.4 Å². The van der Waals surface area contributed by atoms with Gasteiger partial charge in [0.15, 0.2) is 0 Å². The van der Waals surface area contributed by atoms with E-state index in [-0.39, 0.29) is 5.72 Å². The second-order valence-corrected chi connectivity index (χ2v) is 4.84. The molecule has 2 unspecified atom stereocenters. The molecule has 0 aromatic carbocycles. The van der Waals surface area contributed by atoms with Crippen molar-refractivity contribution in [3.05, 3.63) is 0 Å². The smallest absolute Gasteiger partial charge is 0.118 e. The van der Waals surface area contributed by atoms with Gasteiger partial charge in [-0.25, -0.2) is 0 Å². The predicted molar refractivity (Wildman–Crippen MR) is 57.2 cm³/mol. The third-order valence-electron chi connectivity index (χ3n) is 3.57. The molecular weight excluding hydrogens is 176 g/mol. The number of hydrogen-bond acceptors (Lipinski definition) is 3. The average Bonchev–Trinajstić information content (AvgIpc) is 2.57. The van der Waals surface area contributed by atoms with Crippen molar-refractivity contribution in [1.82, 2.24) is 10.2 Å². The molecule has 2 aliphatic rings. The van der Waals surface area contributed by atoms with Gasteiger partial charge in [0, 0.05) is 19.0 Å². The van der Waals surface area contributed by atoms with Crippen LogP contribution in [-0.4, -0.2) is 43.4 Å². The Morgan fingerprint density at radius 1 is 1.50 bits per heavy atom. The van der Waals surface area contributed by atoms with Crippen molar-refractivity contribution in [2.24, 2.45) is 0 Å². The van der Waals surface area contributed by atoms with Crippen molar-refractivity contribution < 1.29 is 4.74 Å². The molecule has 14 heavy (non-hydrogen) atoms. The molecule has 0 amide bonds. The molecular formula is C11H22N2O. The Kier molecular flexibility index (Phi) is 3.10. The van der Waals surface area contributed by atoms with Gasteiger partial charge in [0.25, 0.3) is 0 Å². The fourth-order valence-electron chi connectivity index (χ4n) is 2.63. The summed E-state index contributed by atoms with van der Waals surface area (Å²) in [6, 6.07) is 0.708. The highest BCUT2D eigenvalue weighted by atomic mass is 16.5. The molecule has 0 aromatic heterocycles. The van der Waals surface area contributed by atoms with Crippen LogP contribution in [0, 0.1) is 0 Å². The predicted octanol–water partition coefficient (Wildman–Crippen LogP) is 1.20. The van der Waals surface area contributed by atoms with Crippen molar-refractivity contribution in [3.8, 4) is 0 Å². The van der Waals surface area contributed by atoms with E-state index in [4.69, 9.17) is 4.74 Å². The van der Waals surface area contributed by atoms with E-state index in [0.29, 0.717) is 6.04 Å². The number of nitrogens with zero attached hydrogens (tertiary/aromatic N) is 1. The molecule has 0 spiro atoms. The molecule has 3 nitrogen and oxygen atoms in total. The number of hydrogen-bond donors (Lipinski definition) is 1. The lowest BCUT2D eigenvalue weighted by Gasteiger charge is -2.37. The lowest BCUT2D eigenvalue weighted by atomic mass is 9.95. The van der Waals surface area contributed by atoms with Crippen LogP contribution < -0.4 is 5.32 Å². The number of nitrogens with one attached hydrogen (secondary N) is 1. The third-order valence-corrected chi connectivity index (χ3v) is 3.57. The minimum Gasteiger partial charge on any atom is -0.360 e. The molecule has 2 saturated heterocycles. The van der Waals surface area contributed by atoms with E-state index in [1.165, 1.54) is 25.8 Å². The Balaban J connectivity index is 1.88. The Hall–Kier alpha value is -0.120. The Morgan fingerprint density at radius 2 is 2.36 bits per heavy atom. The zero-order valence-corrected chi connectivity index (χ0v) is 9.38. The van der Waals surface area contributed by atoms with Crippen molar-refractivity contribution >= 4 is 0 Å². The van der Waals surface area contributed by atoms with Crippen LogP contribution in [-0.2, 0) is 4.74 Å². The lowest BCUT2D eigenvalue weighted by molar-refractivity contribution is -0.0251. The van der Waals surface area contributed by atoms with Gasteiger partial charge in [0.05, 0.1) is 6.61 Å². The number of ether oxygens (including phenoxy) is 1. The molecule has 2 heterocycles. The van der Waals surface area contributed by atoms with E-state index in [1.54, 1.807) is 0 Å². The van der Waals surface area contributed by atoms with E-state index in [2.05, 4.69) is 24.2 Å². The summed E-state index contributed by atoms with van der Waals surface area (Å²) in [5.41, 5.74) is -0.0593. The summed E-state index contributed by atoms with van der Waals surface area (Å²) >= 11 is 0. The molecule has 2 aliphatic heterocycles. The Labute approximate surface area is 86.8 Å². The summed E-state index contributed by atoms with van der Waals surface area (Å²) < 4.78 is 5.75. The van der Waals surface area contributed by atoms with Crippen LogP contribution in [0.4, 0.5) is 0 Å². The van der Waals surface area contributed by atoms with Crippen LogP contribution >= 0.6 is 0 Å². The second-order valence-electron chi connectivity index (χ2n) is 4.84. The third kappa shape index (κ3) is 2.27. The molecule has 82 valence electrons. The summed E-state index contributed by atoms with van der Waals surface area (Å²) in [6.07, 6.45) is 5.20. The first-order chi connectivity index (χ1) is 6.70. The summed E-state index contributed by atoms with van der Waals surface area (Å²) in [6.45, 7) is 5.31. The van der Waals surface area contributed by atoms with Gasteiger partial charge in [-0.1, -0.05) is 6.42 Å². The molecule has 2 fully saturated rings. The molecule has 0 saturated carbocycles. The molecule has 1 N–H and O–H groups in total. The normalized spacial score (nSPS) is 40.3. The van der Waals surface area contributed by atoms with Gasteiger partial charge in [-0.2, -0.15) is 0 Å². The largest absolute Gasteiger partial charge is 0.360 e. The minimum absolute atomic E-state index is 0.0593. The van der Waals surface area contributed by atoms with Gasteiger partial charge in [-0.15, -0.1) is 0 Å². The summed E-state index contributed by atoms with van der Waals surface area (Å²) in [5.74, 6) is 0. The minimum atomic E-state index is -0.0593. The quantitative estimate of drug-likeness (QED) is 0.721. The maximum atomic E-state index is 5.75. The number of piperidine rings is 1. The van der Waals surface area contributed by atoms with Crippen molar-refractivity contribution in [3.63, 3.8) is 0 Å². The van der Waals surface area contributed by atoms with Crippen LogP contribution in [0.3, 0.4) is 0 Å². The maximum absolute atomic E-state index is 5.75. The van der Waals surface area contributed by atoms with Crippen molar-refractivity contribution in [2.75, 3.05) is 26.7 Å². The van der Waals surface area contributed by atoms with Gasteiger partial charge < -0.3 is 9.64 Å². The topological polar surface area (TPSA) is 24.5 Å². The number of rotatable bonds is 2. The van der Waals surface area contributed by atoms with Crippen molar-refractivity contribution in [2.45, 2.75) is 44.4 Å². The molecule has 0 aliphatic carbocycles. The first-order valence-corrected chi connectivity index (χ1v) is 5.79. The standard InChI is InChI=1S/C11H22N2O/c1-11(12-6-8-14-11)9-10-5-3-4-7-13(10)2/h10,12H,3-9H2,1-2H3. The van der Waals surface area contributed by atoms with Gasteiger partial charge in [0.2, 0.25) is 0 Å². The van der Waals surface area contributed by atoms with Crippen LogP contribution in [0.15, 0.2) is 0 Å². The SMILES string of the molecule is CN1CCCCC1CC1(C)NCCO1. The Morgan fingerprint density at radius 3 is 3.00 bits per heavy atom. The first kappa shape index (κ1) is 10.4. The van der Waals surface area contributed by atoms with Crippen LogP contribution in [0.5, 0.6) is 0 Å². The number of likely N-dealkylation sites (tertiary alicyclic amines) is 1. The van der Waals surface area contributed by atoms with Crippen LogP contribution in [0.1, 0.15) is 32.6 Å². The zero-order valence-electron chi connectivity index (χ0n) is 9.38. The van der Waals surface area contributed by atoms with E-state index in [9.17, 15) is 0 Å². The highest BCUT2D eigenvalue weighted by Crippen LogP contribution is 2.25. The van der Waals surface area contributed by atoms with Gasteiger partial charge >= 0.3 is 0 Å². The van der Waals surface area contributed by atoms with Gasteiger partial charge in [0.1, 0.15) is 5.72 Å². The molecule has 0 radical (unpaired) electrons. The highest BCUT2D eigenvalue weighted by Gasteiger charge is 2.34. The van der Waals surface area contributed by atoms with E-state index in [0.717, 1.165) is 19.6 Å². The van der Waals surface area contributed by atoms with Crippen LogP contribution in [0.25, 0.3) is 0 Å². The molecule has 0 aromatic rings. The van der Waals surface area contributed by atoms with E-state index >= 15 is 0 Å². The summed E-state index contributed by atoms with van der Waals surface area (Å²) in [4.78, 5) is 2.48. The van der Waals surface area contributed by atoms with Gasteiger partial charge in [-0.3, -0.25) is 5.32 Å². The molecule has 0 bridgehead atoms. The average molecular weight is 198 g/mol. The lowest BCUT2D eigenvalue weighted by Crippen LogP contribution is -2.47. The van der Waals surface area contributed by atoms with E-state index < -0.39 is 0 Å². The monoisotopic (exact) mass is 198 g/mol.